The minimum Gasteiger partial charge on any atom is -0.454 e. The summed E-state index contributed by atoms with van der Waals surface area (Å²) in [4.78, 5) is 12.0. The van der Waals surface area contributed by atoms with Gasteiger partial charge in [0.15, 0.2) is 11.5 Å². The first-order chi connectivity index (χ1) is 13.2. The molecule has 0 saturated carbocycles. The van der Waals surface area contributed by atoms with Gasteiger partial charge in [0.2, 0.25) is 12.7 Å². The van der Waals surface area contributed by atoms with Crippen LogP contribution in [0.25, 0.3) is 11.3 Å². The zero-order chi connectivity index (χ0) is 18.6. The third kappa shape index (κ3) is 4.32. The predicted octanol–water partition coefficient (Wildman–Crippen LogP) is 4.26. The fourth-order valence-corrected chi connectivity index (χ4v) is 3.22. The average molecular weight is 400 g/mol. The molecule has 0 aliphatic carbocycles. The maximum atomic E-state index is 12.0. The van der Waals surface area contributed by atoms with Crippen LogP contribution in [0.3, 0.4) is 0 Å². The van der Waals surface area contributed by atoms with Gasteiger partial charge in [-0.1, -0.05) is 23.4 Å². The van der Waals surface area contributed by atoms with Crippen LogP contribution >= 0.6 is 23.4 Å². The monoisotopic (exact) mass is 399 g/mol. The standard InChI is InChI=1S/C19H14ClN3O3S/c20-13-2-4-14(5-3-13)21-18(24)10-27-19-8-6-15(22-23-19)12-1-7-16-17(9-12)26-11-25-16/h1-9H,10-11H2,(H,21,24). The summed E-state index contributed by atoms with van der Waals surface area (Å²) in [7, 11) is 0. The van der Waals surface area contributed by atoms with Gasteiger partial charge < -0.3 is 14.8 Å². The Balaban J connectivity index is 1.35. The van der Waals surface area contributed by atoms with Crippen molar-refractivity contribution in [2.75, 3.05) is 17.9 Å². The third-order valence-electron chi connectivity index (χ3n) is 3.79. The van der Waals surface area contributed by atoms with Crippen molar-refractivity contribution in [2.24, 2.45) is 0 Å². The van der Waals surface area contributed by atoms with E-state index in [-0.39, 0.29) is 18.5 Å². The molecule has 136 valence electrons. The Bertz CT molecular complexity index is 965. The smallest absolute Gasteiger partial charge is 0.234 e. The molecule has 0 saturated heterocycles. The van der Waals surface area contributed by atoms with Crippen LogP contribution in [0.4, 0.5) is 5.69 Å². The molecule has 1 aromatic heterocycles. The van der Waals surface area contributed by atoms with Crippen molar-refractivity contribution in [3.63, 3.8) is 0 Å². The second-order valence-electron chi connectivity index (χ2n) is 5.67. The van der Waals surface area contributed by atoms with E-state index >= 15 is 0 Å². The van der Waals surface area contributed by atoms with Crippen molar-refractivity contribution in [1.82, 2.24) is 10.2 Å². The minimum atomic E-state index is -0.121. The van der Waals surface area contributed by atoms with Gasteiger partial charge in [0.25, 0.3) is 0 Å². The summed E-state index contributed by atoms with van der Waals surface area (Å²) in [6.07, 6.45) is 0. The number of thioether (sulfide) groups is 1. The molecular formula is C19H14ClN3O3S. The first-order valence-corrected chi connectivity index (χ1v) is 9.46. The Labute approximate surface area is 164 Å². The van der Waals surface area contributed by atoms with Crippen LogP contribution < -0.4 is 14.8 Å². The van der Waals surface area contributed by atoms with Gasteiger partial charge in [0.1, 0.15) is 5.03 Å². The highest BCUT2D eigenvalue weighted by Crippen LogP contribution is 2.35. The van der Waals surface area contributed by atoms with E-state index in [1.54, 1.807) is 24.3 Å². The molecule has 2 aromatic carbocycles. The van der Waals surface area contributed by atoms with Crippen molar-refractivity contribution < 1.29 is 14.3 Å². The van der Waals surface area contributed by atoms with E-state index < -0.39 is 0 Å². The van der Waals surface area contributed by atoms with E-state index in [4.69, 9.17) is 21.1 Å². The quantitative estimate of drug-likeness (QED) is 0.646. The van der Waals surface area contributed by atoms with Crippen LogP contribution in [0, 0.1) is 0 Å². The summed E-state index contributed by atoms with van der Waals surface area (Å²) >= 11 is 7.15. The number of benzene rings is 2. The molecule has 0 radical (unpaired) electrons. The number of aromatic nitrogens is 2. The van der Waals surface area contributed by atoms with Gasteiger partial charge in [0.05, 0.1) is 11.4 Å². The first kappa shape index (κ1) is 17.6. The number of carbonyl (C=O) groups is 1. The lowest BCUT2D eigenvalue weighted by molar-refractivity contribution is -0.113. The number of amides is 1. The second kappa shape index (κ2) is 7.85. The van der Waals surface area contributed by atoms with Crippen molar-refractivity contribution in [3.8, 4) is 22.8 Å². The molecule has 1 amide bonds. The molecule has 3 aromatic rings. The maximum absolute atomic E-state index is 12.0. The lowest BCUT2D eigenvalue weighted by atomic mass is 10.1. The lowest BCUT2D eigenvalue weighted by Gasteiger charge is -2.05. The van der Waals surface area contributed by atoms with Gasteiger partial charge in [-0.25, -0.2) is 0 Å². The third-order valence-corrected chi connectivity index (χ3v) is 4.96. The number of hydrogen-bond acceptors (Lipinski definition) is 6. The van der Waals surface area contributed by atoms with Crippen LogP contribution in [-0.2, 0) is 4.79 Å². The predicted molar refractivity (Wildman–Crippen MR) is 104 cm³/mol. The molecule has 2 heterocycles. The van der Waals surface area contributed by atoms with Gasteiger partial charge in [-0.05, 0) is 54.6 Å². The summed E-state index contributed by atoms with van der Waals surface area (Å²) in [5, 5.41) is 12.5. The fraction of sp³-hybridized carbons (Fsp3) is 0.105. The van der Waals surface area contributed by atoms with E-state index in [1.807, 2.05) is 30.3 Å². The highest BCUT2D eigenvalue weighted by Gasteiger charge is 2.14. The molecule has 1 N–H and O–H groups in total. The number of ether oxygens (including phenoxy) is 2. The number of nitrogens with zero attached hydrogens (tertiary/aromatic N) is 2. The highest BCUT2D eigenvalue weighted by molar-refractivity contribution is 7.99. The minimum absolute atomic E-state index is 0.121. The van der Waals surface area contributed by atoms with E-state index in [0.29, 0.717) is 21.5 Å². The molecular weight excluding hydrogens is 386 g/mol. The molecule has 0 atom stereocenters. The molecule has 4 rings (SSSR count). The SMILES string of the molecule is O=C(CSc1ccc(-c2ccc3c(c2)OCO3)nn1)Nc1ccc(Cl)cc1. The van der Waals surface area contributed by atoms with Gasteiger partial charge in [-0.2, -0.15) is 0 Å². The van der Waals surface area contributed by atoms with Gasteiger partial charge in [-0.15, -0.1) is 10.2 Å². The number of rotatable bonds is 5. The molecule has 27 heavy (non-hydrogen) atoms. The van der Waals surface area contributed by atoms with Crippen LogP contribution in [0.1, 0.15) is 0 Å². The Kier molecular flexibility index (Phi) is 5.13. The molecule has 6 nitrogen and oxygen atoms in total. The van der Waals surface area contributed by atoms with Crippen molar-refractivity contribution in [1.29, 1.82) is 0 Å². The number of fused-ring (bicyclic) bond motifs is 1. The Morgan fingerprint density at radius 2 is 1.85 bits per heavy atom. The molecule has 1 aliphatic heterocycles. The van der Waals surface area contributed by atoms with E-state index in [9.17, 15) is 4.79 Å². The number of halogens is 1. The fourth-order valence-electron chi connectivity index (χ4n) is 2.48. The molecule has 8 heteroatoms. The first-order valence-electron chi connectivity index (χ1n) is 8.09. The second-order valence-corrected chi connectivity index (χ2v) is 7.10. The molecule has 0 fully saturated rings. The Morgan fingerprint density at radius 3 is 2.63 bits per heavy atom. The van der Waals surface area contributed by atoms with Gasteiger partial charge in [0, 0.05) is 16.3 Å². The molecule has 0 spiro atoms. The van der Waals surface area contributed by atoms with Crippen molar-refractivity contribution in [3.05, 3.63) is 59.6 Å². The summed E-state index contributed by atoms with van der Waals surface area (Å²) < 4.78 is 10.7. The largest absolute Gasteiger partial charge is 0.454 e. The molecule has 1 aliphatic rings. The zero-order valence-corrected chi connectivity index (χ0v) is 15.6. The van der Waals surface area contributed by atoms with Crippen LogP contribution in [-0.4, -0.2) is 28.7 Å². The normalized spacial score (nSPS) is 12.0. The van der Waals surface area contributed by atoms with Crippen molar-refractivity contribution in [2.45, 2.75) is 5.03 Å². The van der Waals surface area contributed by atoms with Crippen LogP contribution in [0.2, 0.25) is 5.02 Å². The van der Waals surface area contributed by atoms with Crippen molar-refractivity contribution >= 4 is 35.0 Å². The maximum Gasteiger partial charge on any atom is 0.234 e. The number of carbonyl (C=O) groups excluding carboxylic acids is 1. The topological polar surface area (TPSA) is 73.3 Å². The summed E-state index contributed by atoms with van der Waals surface area (Å²) in [6.45, 7) is 0.234. The highest BCUT2D eigenvalue weighted by atomic mass is 35.5. The van der Waals surface area contributed by atoms with E-state index in [2.05, 4.69) is 15.5 Å². The van der Waals surface area contributed by atoms with Gasteiger partial charge in [-0.3, -0.25) is 4.79 Å². The van der Waals surface area contributed by atoms with E-state index in [0.717, 1.165) is 17.0 Å². The van der Waals surface area contributed by atoms with Crippen LogP contribution in [0.15, 0.2) is 59.6 Å². The molecule has 0 unspecified atom stereocenters. The number of nitrogens with one attached hydrogen (secondary N) is 1. The Hall–Kier alpha value is -2.77. The number of anilines is 1. The van der Waals surface area contributed by atoms with E-state index in [1.165, 1.54) is 11.8 Å². The average Bonchev–Trinajstić information content (AvgIpc) is 3.16. The summed E-state index contributed by atoms with van der Waals surface area (Å²) in [6, 6.07) is 16.3. The lowest BCUT2D eigenvalue weighted by Crippen LogP contribution is -2.14. The van der Waals surface area contributed by atoms with Crippen LogP contribution in [0.5, 0.6) is 11.5 Å². The van der Waals surface area contributed by atoms with Gasteiger partial charge >= 0.3 is 0 Å². The zero-order valence-electron chi connectivity index (χ0n) is 14.0. The summed E-state index contributed by atoms with van der Waals surface area (Å²) in [5.41, 5.74) is 2.32. The Morgan fingerprint density at radius 1 is 1.04 bits per heavy atom. The molecule has 0 bridgehead atoms. The summed E-state index contributed by atoms with van der Waals surface area (Å²) in [5.74, 6) is 1.54. The number of hydrogen-bond donors (Lipinski definition) is 1.